The van der Waals surface area contributed by atoms with Crippen LogP contribution in [0.2, 0.25) is 0 Å². The molecule has 1 saturated carbocycles. The van der Waals surface area contributed by atoms with E-state index in [1.165, 1.54) is 18.1 Å². The quantitative estimate of drug-likeness (QED) is 0.406. The van der Waals surface area contributed by atoms with Gasteiger partial charge in [-0.25, -0.2) is 4.98 Å². The number of amides is 4. The first kappa shape index (κ1) is 31.7. The number of hydrogen-bond donors (Lipinski definition) is 2. The molecule has 2 N–H and O–H groups in total. The van der Waals surface area contributed by atoms with Crippen LogP contribution in [0.3, 0.4) is 0 Å². The third-order valence-corrected chi connectivity index (χ3v) is 8.09. The van der Waals surface area contributed by atoms with Gasteiger partial charge in [0.15, 0.2) is 11.6 Å². The van der Waals surface area contributed by atoms with Crippen LogP contribution in [0.1, 0.15) is 31.2 Å². The van der Waals surface area contributed by atoms with Gasteiger partial charge in [-0.15, -0.1) is 0 Å². The number of likely N-dealkylation sites (tertiary alicyclic amines) is 1. The molecule has 2 aromatic rings. The van der Waals surface area contributed by atoms with Gasteiger partial charge in [0.05, 0.1) is 25.8 Å². The molecule has 1 aromatic heterocycles. The molecule has 4 amide bonds. The fourth-order valence-corrected chi connectivity index (χ4v) is 5.47. The van der Waals surface area contributed by atoms with E-state index >= 15 is 0 Å². The van der Waals surface area contributed by atoms with Crippen LogP contribution >= 0.6 is 0 Å². The molecule has 1 saturated heterocycles. The van der Waals surface area contributed by atoms with Crippen LogP contribution in [0.5, 0.6) is 5.75 Å². The number of fused-ring (bicyclic) bond motifs is 1. The lowest BCUT2D eigenvalue weighted by atomic mass is 9.97. The zero-order valence-corrected chi connectivity index (χ0v) is 24.3. The van der Waals surface area contributed by atoms with Crippen molar-refractivity contribution in [3.05, 3.63) is 54.2 Å². The first-order chi connectivity index (χ1) is 21.4. The van der Waals surface area contributed by atoms with Crippen LogP contribution in [-0.4, -0.2) is 88.5 Å². The van der Waals surface area contributed by atoms with Gasteiger partial charge in [-0.1, -0.05) is 43.2 Å². The topological polar surface area (TPSA) is 154 Å². The fraction of sp³-hybridized carbons (Fsp3) is 0.467. The maximum atomic E-state index is 14.1. The number of carbonyl (C=O) groups excluding carboxylic acids is 4. The maximum Gasteiger partial charge on any atom is 0.471 e. The molecule has 0 unspecified atom stereocenters. The van der Waals surface area contributed by atoms with Crippen molar-refractivity contribution >= 4 is 29.4 Å². The Morgan fingerprint density at radius 3 is 2.64 bits per heavy atom. The third-order valence-electron chi connectivity index (χ3n) is 8.09. The van der Waals surface area contributed by atoms with Gasteiger partial charge in [-0.2, -0.15) is 18.4 Å². The van der Waals surface area contributed by atoms with E-state index in [1.54, 1.807) is 47.8 Å². The third kappa shape index (κ3) is 7.01. The molecule has 238 valence electrons. The number of nitriles is 1. The van der Waals surface area contributed by atoms with Gasteiger partial charge in [-0.3, -0.25) is 19.2 Å². The van der Waals surface area contributed by atoms with Crippen LogP contribution in [0.4, 0.5) is 19.0 Å². The zero-order valence-electron chi connectivity index (χ0n) is 24.3. The zero-order chi connectivity index (χ0) is 32.4. The Morgan fingerprint density at radius 2 is 1.98 bits per heavy atom. The Hall–Kier alpha value is -4.71. The summed E-state index contributed by atoms with van der Waals surface area (Å²) >= 11 is 0. The molecule has 1 aromatic carbocycles. The van der Waals surface area contributed by atoms with E-state index in [4.69, 9.17) is 9.47 Å². The molecule has 3 heterocycles. The minimum atomic E-state index is -5.27. The number of rotatable bonds is 10. The highest BCUT2D eigenvalue weighted by Crippen LogP contribution is 2.40. The lowest BCUT2D eigenvalue weighted by molar-refractivity contribution is -0.175. The van der Waals surface area contributed by atoms with Crippen LogP contribution in [0.25, 0.3) is 0 Å². The summed E-state index contributed by atoms with van der Waals surface area (Å²) in [6.07, 6.45) is -2.22. The number of likely N-dealkylation sites (N-methyl/N-ethyl adjacent to an activating group) is 1. The molecular formula is C30H31F3N6O6. The van der Waals surface area contributed by atoms with E-state index < -0.39 is 60.1 Å². The number of halogens is 3. The summed E-state index contributed by atoms with van der Waals surface area (Å²) in [6, 6.07) is 9.87. The molecule has 0 bridgehead atoms. The van der Waals surface area contributed by atoms with Gasteiger partial charge in [-0.05, 0) is 30.0 Å². The second kappa shape index (κ2) is 12.7. The van der Waals surface area contributed by atoms with Crippen molar-refractivity contribution in [2.45, 2.75) is 62.2 Å². The molecule has 3 aliphatic rings. The molecule has 2 aliphatic heterocycles. The van der Waals surface area contributed by atoms with Crippen LogP contribution in [-0.2, 0) is 30.5 Å². The first-order valence-electron chi connectivity index (χ1n) is 14.3. The number of ether oxygens (including phenoxy) is 2. The Labute approximate surface area is 256 Å². The smallest absolute Gasteiger partial charge is 0.471 e. The highest BCUT2D eigenvalue weighted by molar-refractivity contribution is 6.01. The Bertz CT molecular complexity index is 1500. The van der Waals surface area contributed by atoms with Crippen molar-refractivity contribution in [2.75, 3.05) is 25.5 Å². The van der Waals surface area contributed by atoms with E-state index in [0.29, 0.717) is 5.56 Å². The molecular weight excluding hydrogens is 597 g/mol. The summed E-state index contributed by atoms with van der Waals surface area (Å²) in [5, 5.41) is 14.3. The van der Waals surface area contributed by atoms with Crippen LogP contribution in [0.15, 0.2) is 48.7 Å². The van der Waals surface area contributed by atoms with Crippen LogP contribution < -0.4 is 15.4 Å². The summed E-state index contributed by atoms with van der Waals surface area (Å²) < 4.78 is 51.1. The van der Waals surface area contributed by atoms with E-state index in [-0.39, 0.29) is 43.5 Å². The molecule has 2 fully saturated rings. The predicted octanol–water partition coefficient (Wildman–Crippen LogP) is 2.17. The molecule has 15 heteroatoms. The summed E-state index contributed by atoms with van der Waals surface area (Å²) in [4.78, 5) is 59.0. The molecule has 4 atom stereocenters. The summed E-state index contributed by atoms with van der Waals surface area (Å²) in [5.74, 6) is -4.03. The van der Waals surface area contributed by atoms with Crippen molar-refractivity contribution in [3.8, 4) is 11.8 Å². The van der Waals surface area contributed by atoms with Crippen molar-refractivity contribution < 1.29 is 41.8 Å². The molecule has 1 spiro atoms. The monoisotopic (exact) mass is 628 g/mol. The lowest BCUT2D eigenvalue weighted by Gasteiger charge is -2.35. The Kier molecular flexibility index (Phi) is 8.96. The van der Waals surface area contributed by atoms with E-state index in [1.807, 2.05) is 6.07 Å². The number of anilines is 1. The van der Waals surface area contributed by atoms with Crippen molar-refractivity contribution in [1.29, 1.82) is 5.26 Å². The highest BCUT2D eigenvalue weighted by Gasteiger charge is 2.57. The largest absolute Gasteiger partial charge is 0.472 e. The average molecular weight is 629 g/mol. The number of benzene rings is 1. The number of nitrogens with one attached hydrogen (secondary N) is 2. The number of hydrogen-bond acceptors (Lipinski definition) is 8. The van der Waals surface area contributed by atoms with Crippen molar-refractivity contribution in [1.82, 2.24) is 20.1 Å². The predicted molar refractivity (Wildman–Crippen MR) is 150 cm³/mol. The number of pyridine rings is 1. The Morgan fingerprint density at radius 1 is 1.24 bits per heavy atom. The van der Waals surface area contributed by atoms with Gasteiger partial charge in [0, 0.05) is 19.7 Å². The van der Waals surface area contributed by atoms with Gasteiger partial charge in [0.1, 0.15) is 18.1 Å². The number of aromatic nitrogens is 1. The van der Waals surface area contributed by atoms with E-state index in [9.17, 15) is 37.6 Å². The highest BCUT2D eigenvalue weighted by atomic mass is 19.4. The second-order valence-corrected chi connectivity index (χ2v) is 11.4. The maximum absolute atomic E-state index is 14.1. The molecule has 45 heavy (non-hydrogen) atoms. The second-order valence-electron chi connectivity index (χ2n) is 11.4. The lowest BCUT2D eigenvalue weighted by Crippen LogP contribution is -2.59. The molecule has 1 aliphatic carbocycles. The van der Waals surface area contributed by atoms with E-state index in [2.05, 4.69) is 10.3 Å². The average Bonchev–Trinajstić information content (AvgIpc) is 3.77. The van der Waals surface area contributed by atoms with Crippen molar-refractivity contribution in [2.24, 2.45) is 5.92 Å². The summed E-state index contributed by atoms with van der Waals surface area (Å²) in [5.41, 5.74) is -0.897. The van der Waals surface area contributed by atoms with Crippen molar-refractivity contribution in [3.63, 3.8) is 0 Å². The number of carbonyl (C=O) groups is 4. The summed E-state index contributed by atoms with van der Waals surface area (Å²) in [7, 11) is 1.26. The minimum absolute atomic E-state index is 0.0406. The molecule has 0 radical (unpaired) electrons. The van der Waals surface area contributed by atoms with Gasteiger partial charge in [0.25, 0.3) is 5.91 Å². The number of nitrogens with zero attached hydrogens (tertiary/aromatic N) is 4. The normalized spacial score (nSPS) is 22.0. The first-order valence-corrected chi connectivity index (χ1v) is 14.3. The van der Waals surface area contributed by atoms with Gasteiger partial charge in [0.2, 0.25) is 17.4 Å². The summed E-state index contributed by atoms with van der Waals surface area (Å²) in [6.45, 7) is -0.942. The minimum Gasteiger partial charge on any atom is -0.472 e. The SMILES string of the molecule is CN(C(=O)[C@H](COCc1ccccc1)NC(=O)C(F)(F)F)[C@@H](CC1CC1)C(=O)N1C[C@@]2(C[C@H]1C#N)Oc1cccnc1NC2=O. The van der Waals surface area contributed by atoms with E-state index in [0.717, 1.165) is 17.7 Å². The number of alkyl halides is 3. The molecule has 5 rings (SSSR count). The van der Waals surface area contributed by atoms with Gasteiger partial charge < -0.3 is 29.9 Å². The van der Waals surface area contributed by atoms with Crippen LogP contribution in [0, 0.1) is 17.2 Å². The molecule has 12 nitrogen and oxygen atoms in total. The Balaban J connectivity index is 1.36. The van der Waals surface area contributed by atoms with Gasteiger partial charge >= 0.3 is 12.1 Å². The fourth-order valence-electron chi connectivity index (χ4n) is 5.47. The standard InChI is InChI=1S/C30H31F3N6O6/c1-38(25(40)21(36-28(43)30(31,32)33)16-44-15-19-6-3-2-4-7-19)22(12-18-9-10-18)26(41)39-17-29(13-20(39)14-34)27(42)37-24-23(45-29)8-5-11-35-24/h2-8,11,18,20-22H,9-10,12-13,15-17H2,1H3,(H,36,43)(H,35,37,42)/t20-,21-,22-,29+/m0/s1.